The number of nitrogens with zero attached hydrogens (tertiary/aromatic N) is 1. The molecule has 0 spiro atoms. The molecule has 0 aliphatic rings. The Morgan fingerprint density at radius 2 is 1.57 bits per heavy atom. The van der Waals surface area contributed by atoms with E-state index in [0.717, 1.165) is 29.6 Å². The Bertz CT molecular complexity index is 1750. The second kappa shape index (κ2) is 15.0. The Morgan fingerprint density at radius 3 is 2.22 bits per heavy atom. The van der Waals surface area contributed by atoms with Crippen LogP contribution >= 0.6 is 23.4 Å². The first-order chi connectivity index (χ1) is 21.8. The smallest absolute Gasteiger partial charge is 0.378 e. The molecule has 0 fully saturated rings. The highest BCUT2D eigenvalue weighted by Gasteiger charge is 2.34. The quantitative estimate of drug-likeness (QED) is 0.118. The summed E-state index contributed by atoms with van der Waals surface area (Å²) in [6.45, 7) is 1.55. The molecule has 4 rings (SSSR count). The number of nitrogens with one attached hydrogen (secondary N) is 3. The van der Waals surface area contributed by atoms with Crippen LogP contribution in [0.15, 0.2) is 108 Å². The normalized spacial score (nSPS) is 12.2. The minimum Gasteiger partial charge on any atom is -0.378 e. The zero-order valence-corrected chi connectivity index (χ0v) is 26.6. The van der Waals surface area contributed by atoms with Gasteiger partial charge in [0.1, 0.15) is 5.70 Å². The molecule has 0 aliphatic carbocycles. The number of anilines is 3. The summed E-state index contributed by atoms with van der Waals surface area (Å²) in [5, 5.41) is 6.90. The molecule has 3 N–H and O–H groups in total. The van der Waals surface area contributed by atoms with Crippen molar-refractivity contribution in [3.8, 4) is 0 Å². The lowest BCUT2D eigenvalue weighted by atomic mass is 10.1. The summed E-state index contributed by atoms with van der Waals surface area (Å²) >= 11 is 6.83. The van der Waals surface area contributed by atoms with E-state index in [2.05, 4.69) is 16.0 Å². The standard InChI is InChI=1S/C34H30ClF3N4O3S/c1-21(31(43)40-29-17-14-24(35)19-28(29)34(36,37)38)46-27-11-7-10-25(20-27)39-33(45)30(41-32(44)23-8-5-4-6-9-23)18-22-12-15-26(16-13-22)42(2)3/h4-21H,1-3H3,(H,39,45)(H,40,43)(H,41,44)/b30-18+. The number of alkyl halides is 3. The van der Waals surface area contributed by atoms with Gasteiger partial charge in [-0.2, -0.15) is 13.2 Å². The Hall–Kier alpha value is -4.74. The van der Waals surface area contributed by atoms with E-state index in [4.69, 9.17) is 11.6 Å². The summed E-state index contributed by atoms with van der Waals surface area (Å²) < 4.78 is 40.4. The van der Waals surface area contributed by atoms with Gasteiger partial charge in [-0.1, -0.05) is 48.0 Å². The maximum atomic E-state index is 13.5. The van der Waals surface area contributed by atoms with Crippen molar-refractivity contribution in [2.24, 2.45) is 0 Å². The van der Waals surface area contributed by atoms with Gasteiger partial charge in [-0.15, -0.1) is 11.8 Å². The minimum atomic E-state index is -4.71. The van der Waals surface area contributed by atoms with Crippen molar-refractivity contribution in [2.45, 2.75) is 23.2 Å². The number of carbonyl (C=O) groups is 3. The first-order valence-corrected chi connectivity index (χ1v) is 15.2. The first-order valence-electron chi connectivity index (χ1n) is 13.9. The molecule has 7 nitrogen and oxygen atoms in total. The van der Waals surface area contributed by atoms with Crippen molar-refractivity contribution in [2.75, 3.05) is 29.6 Å². The van der Waals surface area contributed by atoms with Gasteiger partial charge in [-0.05, 0) is 79.2 Å². The molecule has 238 valence electrons. The number of hydrogen-bond donors (Lipinski definition) is 3. The first kappa shape index (κ1) is 34.1. The van der Waals surface area contributed by atoms with Gasteiger partial charge in [0.25, 0.3) is 11.8 Å². The molecule has 0 radical (unpaired) electrons. The van der Waals surface area contributed by atoms with Crippen LogP contribution in [0, 0.1) is 0 Å². The average molecular weight is 667 g/mol. The number of benzene rings is 4. The second-order valence-corrected chi connectivity index (χ2v) is 12.1. The van der Waals surface area contributed by atoms with Crippen LogP contribution in [0.2, 0.25) is 5.02 Å². The SMILES string of the molecule is CC(Sc1cccc(NC(=O)/C(=C\c2ccc(N(C)C)cc2)NC(=O)c2ccccc2)c1)C(=O)Nc1ccc(Cl)cc1C(F)(F)F. The summed E-state index contributed by atoms with van der Waals surface area (Å²) in [5.74, 6) is -1.71. The molecular weight excluding hydrogens is 637 g/mol. The van der Waals surface area contributed by atoms with Crippen molar-refractivity contribution in [1.82, 2.24) is 5.32 Å². The van der Waals surface area contributed by atoms with E-state index in [1.54, 1.807) is 67.6 Å². The van der Waals surface area contributed by atoms with Crippen molar-refractivity contribution >= 4 is 64.2 Å². The average Bonchev–Trinajstić information content (AvgIpc) is 3.01. The van der Waals surface area contributed by atoms with Gasteiger partial charge in [-0.3, -0.25) is 14.4 Å². The molecule has 0 saturated heterocycles. The van der Waals surface area contributed by atoms with Crippen molar-refractivity contribution in [3.63, 3.8) is 0 Å². The van der Waals surface area contributed by atoms with Gasteiger partial charge in [0.05, 0.1) is 16.5 Å². The molecule has 0 bridgehead atoms. The third-order valence-corrected chi connectivity index (χ3v) is 7.90. The molecule has 4 aromatic rings. The minimum absolute atomic E-state index is 0.000640. The number of hydrogen-bond acceptors (Lipinski definition) is 5. The van der Waals surface area contributed by atoms with Gasteiger partial charge in [0, 0.05) is 41.0 Å². The highest BCUT2D eigenvalue weighted by molar-refractivity contribution is 8.00. The van der Waals surface area contributed by atoms with Gasteiger partial charge in [0.15, 0.2) is 0 Å². The fourth-order valence-electron chi connectivity index (χ4n) is 4.18. The lowest BCUT2D eigenvalue weighted by Gasteiger charge is -2.17. The van der Waals surface area contributed by atoms with Crippen molar-refractivity contribution < 1.29 is 27.6 Å². The molecule has 0 aliphatic heterocycles. The largest absolute Gasteiger partial charge is 0.418 e. The van der Waals surface area contributed by atoms with E-state index < -0.39 is 40.4 Å². The van der Waals surface area contributed by atoms with Gasteiger partial charge in [0.2, 0.25) is 5.91 Å². The maximum Gasteiger partial charge on any atom is 0.418 e. The van der Waals surface area contributed by atoms with Crippen molar-refractivity contribution in [3.05, 3.63) is 124 Å². The van der Waals surface area contributed by atoms with E-state index >= 15 is 0 Å². The van der Waals surface area contributed by atoms with Crippen molar-refractivity contribution in [1.29, 1.82) is 0 Å². The third kappa shape index (κ3) is 9.38. The summed E-state index contributed by atoms with van der Waals surface area (Å²) in [4.78, 5) is 41.8. The summed E-state index contributed by atoms with van der Waals surface area (Å²) in [7, 11) is 3.82. The number of carbonyl (C=O) groups excluding carboxylic acids is 3. The molecule has 12 heteroatoms. The monoisotopic (exact) mass is 666 g/mol. The van der Waals surface area contributed by atoms with E-state index in [-0.39, 0.29) is 10.7 Å². The zero-order valence-electron chi connectivity index (χ0n) is 25.0. The van der Waals surface area contributed by atoms with Crippen LogP contribution in [0.3, 0.4) is 0 Å². The zero-order chi connectivity index (χ0) is 33.4. The molecule has 0 saturated carbocycles. The van der Waals surface area contributed by atoms with Gasteiger partial charge in [-0.25, -0.2) is 0 Å². The Morgan fingerprint density at radius 1 is 0.870 bits per heavy atom. The molecular formula is C34H30ClF3N4O3S. The Labute approximate surface area is 273 Å². The molecule has 4 aromatic carbocycles. The lowest BCUT2D eigenvalue weighted by molar-refractivity contribution is -0.137. The van der Waals surface area contributed by atoms with E-state index in [0.29, 0.717) is 21.7 Å². The highest BCUT2D eigenvalue weighted by Crippen LogP contribution is 2.37. The lowest BCUT2D eigenvalue weighted by Crippen LogP contribution is -2.30. The van der Waals surface area contributed by atoms with E-state index in [1.165, 1.54) is 6.07 Å². The Kier molecular flexibility index (Phi) is 11.2. The number of halogens is 4. The molecule has 0 heterocycles. The summed E-state index contributed by atoms with van der Waals surface area (Å²) in [6.07, 6.45) is -3.15. The highest BCUT2D eigenvalue weighted by atomic mass is 35.5. The van der Waals surface area contributed by atoms with E-state index in [1.807, 2.05) is 43.3 Å². The maximum absolute atomic E-state index is 13.5. The number of rotatable bonds is 10. The molecule has 3 amide bonds. The van der Waals surface area contributed by atoms with Crippen LogP contribution in [0.1, 0.15) is 28.4 Å². The third-order valence-electron chi connectivity index (χ3n) is 6.57. The van der Waals surface area contributed by atoms with Crippen LogP contribution < -0.4 is 20.9 Å². The van der Waals surface area contributed by atoms with Crippen LogP contribution in [0.5, 0.6) is 0 Å². The van der Waals surface area contributed by atoms with Crippen LogP contribution in [0.25, 0.3) is 6.08 Å². The molecule has 46 heavy (non-hydrogen) atoms. The second-order valence-electron chi connectivity index (χ2n) is 10.3. The summed E-state index contributed by atoms with van der Waals surface area (Å²) in [6, 6.07) is 25.6. The molecule has 1 atom stereocenters. The fraction of sp³-hybridized carbons (Fsp3) is 0.147. The summed E-state index contributed by atoms with van der Waals surface area (Å²) in [5.41, 5.74) is 0.944. The predicted molar refractivity (Wildman–Crippen MR) is 178 cm³/mol. The number of thioether (sulfide) groups is 1. The fourth-order valence-corrected chi connectivity index (χ4v) is 5.27. The molecule has 0 aromatic heterocycles. The van der Waals surface area contributed by atoms with Gasteiger partial charge < -0.3 is 20.9 Å². The molecule has 1 unspecified atom stereocenters. The predicted octanol–water partition coefficient (Wildman–Crippen LogP) is 7.95. The van der Waals surface area contributed by atoms with Crippen LogP contribution in [0.4, 0.5) is 30.2 Å². The van der Waals surface area contributed by atoms with Crippen LogP contribution in [-0.4, -0.2) is 37.1 Å². The Balaban J connectivity index is 1.50. The van der Waals surface area contributed by atoms with Crippen LogP contribution in [-0.2, 0) is 15.8 Å². The number of amides is 3. The topological polar surface area (TPSA) is 90.5 Å². The van der Waals surface area contributed by atoms with Gasteiger partial charge >= 0.3 is 6.18 Å². The van der Waals surface area contributed by atoms with E-state index in [9.17, 15) is 27.6 Å².